The first-order valence-electron chi connectivity index (χ1n) is 9.70. The Morgan fingerprint density at radius 2 is 1.48 bits per heavy atom. The van der Waals surface area contributed by atoms with Crippen molar-refractivity contribution in [3.63, 3.8) is 0 Å². The average molecular weight is 429 g/mol. The summed E-state index contributed by atoms with van der Waals surface area (Å²) in [4.78, 5) is 25.6. The number of hydrogen-bond donors (Lipinski definition) is 2. The summed E-state index contributed by atoms with van der Waals surface area (Å²) in [6.07, 6.45) is 0. The van der Waals surface area contributed by atoms with Gasteiger partial charge >= 0.3 is 0 Å². The van der Waals surface area contributed by atoms with Gasteiger partial charge in [-0.1, -0.05) is 48.5 Å². The van der Waals surface area contributed by atoms with E-state index >= 15 is 0 Å². The quantitative estimate of drug-likeness (QED) is 0.389. The van der Waals surface area contributed by atoms with Crippen molar-refractivity contribution >= 4 is 34.5 Å². The van der Waals surface area contributed by atoms with Gasteiger partial charge in [-0.05, 0) is 53.4 Å². The second-order valence-electron chi connectivity index (χ2n) is 6.77. The van der Waals surface area contributed by atoms with Crippen LogP contribution < -0.4 is 15.4 Å². The molecule has 0 saturated heterocycles. The van der Waals surface area contributed by atoms with Gasteiger partial charge in [0.2, 0.25) is 0 Å². The van der Waals surface area contributed by atoms with E-state index in [9.17, 15) is 9.59 Å². The van der Waals surface area contributed by atoms with Gasteiger partial charge in [-0.15, -0.1) is 11.3 Å². The van der Waals surface area contributed by atoms with Gasteiger partial charge in [0.25, 0.3) is 11.8 Å². The summed E-state index contributed by atoms with van der Waals surface area (Å²) in [6, 6.07) is 27.5. The first-order valence-corrected chi connectivity index (χ1v) is 10.6. The summed E-state index contributed by atoms with van der Waals surface area (Å²) in [7, 11) is 0. The smallest absolute Gasteiger partial charge is 0.265 e. The van der Waals surface area contributed by atoms with E-state index in [0.717, 1.165) is 5.56 Å². The van der Waals surface area contributed by atoms with Gasteiger partial charge < -0.3 is 15.4 Å². The van der Waals surface area contributed by atoms with Crippen LogP contribution in [0, 0.1) is 0 Å². The van der Waals surface area contributed by atoms with Crippen molar-refractivity contribution in [3.8, 4) is 5.75 Å². The number of amides is 2. The highest BCUT2D eigenvalue weighted by Crippen LogP contribution is 2.20. The van der Waals surface area contributed by atoms with E-state index in [1.807, 2.05) is 47.8 Å². The van der Waals surface area contributed by atoms with E-state index < -0.39 is 0 Å². The van der Waals surface area contributed by atoms with Crippen LogP contribution in [0.5, 0.6) is 5.75 Å². The van der Waals surface area contributed by atoms with Crippen molar-refractivity contribution in [2.24, 2.45) is 0 Å². The number of ether oxygens (including phenoxy) is 1. The first kappa shape index (κ1) is 20.4. The van der Waals surface area contributed by atoms with Gasteiger partial charge in [0.15, 0.2) is 0 Å². The van der Waals surface area contributed by atoms with Gasteiger partial charge in [-0.25, -0.2) is 0 Å². The molecule has 0 spiro atoms. The Labute approximate surface area is 184 Å². The molecule has 6 heteroatoms. The van der Waals surface area contributed by atoms with E-state index in [-0.39, 0.29) is 11.8 Å². The molecule has 0 aliphatic heterocycles. The van der Waals surface area contributed by atoms with Crippen LogP contribution in [0.1, 0.15) is 25.6 Å². The monoisotopic (exact) mass is 428 g/mol. The lowest BCUT2D eigenvalue weighted by Crippen LogP contribution is -2.13. The van der Waals surface area contributed by atoms with Crippen LogP contribution in [0.4, 0.5) is 11.4 Å². The summed E-state index contributed by atoms with van der Waals surface area (Å²) in [5.74, 6) is 0.183. The minimum absolute atomic E-state index is 0.179. The highest BCUT2D eigenvalue weighted by molar-refractivity contribution is 7.12. The predicted octanol–water partition coefficient (Wildman–Crippen LogP) is 5.83. The fraction of sp³-hybridized carbons (Fsp3) is 0.0400. The Morgan fingerprint density at radius 3 is 2.23 bits per heavy atom. The van der Waals surface area contributed by atoms with Crippen molar-refractivity contribution in [2.75, 3.05) is 10.6 Å². The fourth-order valence-corrected chi connectivity index (χ4v) is 3.57. The Kier molecular flexibility index (Phi) is 6.40. The standard InChI is InChI=1S/C25H20N2O3S/c28-24(19-9-4-12-22(15-19)30-17-18-7-2-1-3-8-18)26-20-10-5-11-21(16-20)27-25(29)23-13-6-14-31-23/h1-16H,17H2,(H,26,28)(H,27,29). The van der Waals surface area contributed by atoms with Gasteiger partial charge in [-0.2, -0.15) is 0 Å². The normalized spacial score (nSPS) is 10.3. The summed E-state index contributed by atoms with van der Waals surface area (Å²) >= 11 is 1.37. The largest absolute Gasteiger partial charge is 0.489 e. The average Bonchev–Trinajstić information content (AvgIpc) is 3.34. The zero-order valence-corrected chi connectivity index (χ0v) is 17.4. The van der Waals surface area contributed by atoms with E-state index in [1.54, 1.807) is 48.5 Å². The van der Waals surface area contributed by atoms with E-state index in [0.29, 0.717) is 34.2 Å². The Bertz CT molecular complexity index is 1170. The second kappa shape index (κ2) is 9.73. The van der Waals surface area contributed by atoms with Crippen LogP contribution in [0.3, 0.4) is 0 Å². The van der Waals surface area contributed by atoms with Crippen molar-refractivity contribution in [3.05, 3.63) is 112 Å². The molecular formula is C25H20N2O3S. The molecule has 1 aromatic heterocycles. The number of rotatable bonds is 7. The topological polar surface area (TPSA) is 67.4 Å². The summed E-state index contributed by atoms with van der Waals surface area (Å²) < 4.78 is 5.80. The van der Waals surface area contributed by atoms with Crippen LogP contribution in [0.25, 0.3) is 0 Å². The lowest BCUT2D eigenvalue weighted by molar-refractivity contribution is 0.102. The summed E-state index contributed by atoms with van der Waals surface area (Å²) in [6.45, 7) is 0.428. The Hall–Kier alpha value is -3.90. The van der Waals surface area contributed by atoms with Gasteiger partial charge in [0, 0.05) is 16.9 Å². The molecule has 0 bridgehead atoms. The fourth-order valence-electron chi connectivity index (χ4n) is 2.95. The van der Waals surface area contributed by atoms with E-state index in [2.05, 4.69) is 10.6 Å². The van der Waals surface area contributed by atoms with Gasteiger partial charge in [-0.3, -0.25) is 9.59 Å². The highest BCUT2D eigenvalue weighted by Gasteiger charge is 2.10. The zero-order valence-electron chi connectivity index (χ0n) is 16.6. The van der Waals surface area contributed by atoms with Crippen molar-refractivity contribution in [2.45, 2.75) is 6.61 Å². The molecule has 4 rings (SSSR count). The molecule has 31 heavy (non-hydrogen) atoms. The number of hydrogen-bond acceptors (Lipinski definition) is 4. The van der Waals surface area contributed by atoms with Gasteiger partial charge in [0.1, 0.15) is 12.4 Å². The van der Waals surface area contributed by atoms with E-state index in [1.165, 1.54) is 11.3 Å². The molecule has 0 aliphatic rings. The van der Waals surface area contributed by atoms with Crippen LogP contribution in [-0.2, 0) is 6.61 Å². The summed E-state index contributed by atoms with van der Waals surface area (Å²) in [5.41, 5.74) is 2.73. The molecule has 0 unspecified atom stereocenters. The summed E-state index contributed by atoms with van der Waals surface area (Å²) in [5, 5.41) is 7.55. The molecule has 5 nitrogen and oxygen atoms in total. The SMILES string of the molecule is O=C(Nc1cccc(NC(=O)c2cccs2)c1)c1cccc(OCc2ccccc2)c1. The number of anilines is 2. The first-order chi connectivity index (χ1) is 15.2. The third-order valence-electron chi connectivity index (χ3n) is 4.47. The maximum atomic E-state index is 12.7. The zero-order chi connectivity index (χ0) is 21.5. The minimum atomic E-state index is -0.258. The second-order valence-corrected chi connectivity index (χ2v) is 7.72. The lowest BCUT2D eigenvalue weighted by atomic mass is 10.2. The number of carbonyl (C=O) groups excluding carboxylic acids is 2. The molecule has 2 N–H and O–H groups in total. The molecule has 3 aromatic carbocycles. The maximum Gasteiger partial charge on any atom is 0.265 e. The number of thiophene rings is 1. The van der Waals surface area contributed by atoms with Crippen molar-refractivity contribution in [1.29, 1.82) is 0 Å². The molecule has 1 heterocycles. The molecule has 4 aromatic rings. The molecule has 0 aliphatic carbocycles. The molecule has 154 valence electrons. The molecule has 0 fully saturated rings. The maximum absolute atomic E-state index is 12.7. The van der Waals surface area contributed by atoms with Crippen LogP contribution >= 0.6 is 11.3 Å². The minimum Gasteiger partial charge on any atom is -0.489 e. The Balaban J connectivity index is 1.39. The molecule has 0 saturated carbocycles. The molecule has 2 amide bonds. The number of nitrogens with one attached hydrogen (secondary N) is 2. The third kappa shape index (κ3) is 5.58. The number of benzene rings is 3. The molecular weight excluding hydrogens is 408 g/mol. The molecule has 0 radical (unpaired) electrons. The van der Waals surface area contributed by atoms with Crippen molar-refractivity contribution in [1.82, 2.24) is 0 Å². The van der Waals surface area contributed by atoms with Crippen LogP contribution in [0.15, 0.2) is 96.4 Å². The number of carbonyl (C=O) groups is 2. The van der Waals surface area contributed by atoms with Crippen LogP contribution in [-0.4, -0.2) is 11.8 Å². The predicted molar refractivity (Wildman–Crippen MR) is 124 cm³/mol. The van der Waals surface area contributed by atoms with Crippen LogP contribution in [0.2, 0.25) is 0 Å². The Morgan fingerprint density at radius 1 is 0.742 bits per heavy atom. The molecule has 0 atom stereocenters. The highest BCUT2D eigenvalue weighted by atomic mass is 32.1. The third-order valence-corrected chi connectivity index (χ3v) is 5.34. The van der Waals surface area contributed by atoms with E-state index in [4.69, 9.17) is 4.74 Å². The lowest BCUT2D eigenvalue weighted by Gasteiger charge is -2.10. The van der Waals surface area contributed by atoms with Crippen molar-refractivity contribution < 1.29 is 14.3 Å². The van der Waals surface area contributed by atoms with Gasteiger partial charge in [0.05, 0.1) is 4.88 Å².